The Morgan fingerprint density at radius 2 is 2.00 bits per heavy atom. The summed E-state index contributed by atoms with van der Waals surface area (Å²) in [6.07, 6.45) is 1.48. The fourth-order valence-electron chi connectivity index (χ4n) is 3.28. The maximum atomic E-state index is 10.7. The van der Waals surface area contributed by atoms with Crippen LogP contribution in [0, 0.1) is 0 Å². The maximum absolute atomic E-state index is 10.7. The van der Waals surface area contributed by atoms with Crippen LogP contribution in [0.2, 0.25) is 0 Å². The number of nitrogens with zero attached hydrogens (tertiary/aromatic N) is 5. The molecule has 1 aromatic carbocycles. The van der Waals surface area contributed by atoms with Gasteiger partial charge < -0.3 is 14.6 Å². The lowest BCUT2D eigenvalue weighted by molar-refractivity contribution is 0.0819. The van der Waals surface area contributed by atoms with E-state index in [0.717, 1.165) is 42.1 Å². The first kappa shape index (κ1) is 17.6. The minimum Gasteiger partial charge on any atom is -0.496 e. The number of aliphatic hydroxyl groups is 1. The summed E-state index contributed by atoms with van der Waals surface area (Å²) in [6.45, 7) is 4.67. The molecule has 1 aliphatic rings. The quantitative estimate of drug-likeness (QED) is 0.813. The number of hydrogen-bond acceptors (Lipinski definition) is 7. The molecule has 0 saturated heterocycles. The molecule has 0 radical (unpaired) electrons. The molecule has 2 heterocycles. The van der Waals surface area contributed by atoms with Crippen LogP contribution >= 0.6 is 0 Å². The largest absolute Gasteiger partial charge is 0.496 e. The third-order valence-corrected chi connectivity index (χ3v) is 4.55. The van der Waals surface area contributed by atoms with E-state index in [4.69, 9.17) is 9.47 Å². The van der Waals surface area contributed by atoms with Crippen molar-refractivity contribution in [1.82, 2.24) is 25.1 Å². The summed E-state index contributed by atoms with van der Waals surface area (Å²) in [6, 6.07) is 3.71. The molecule has 0 fully saturated rings. The topological polar surface area (TPSA) is 85.5 Å². The first-order chi connectivity index (χ1) is 12.2. The second kappa shape index (κ2) is 7.79. The number of benzene rings is 1. The Hall–Kier alpha value is -2.19. The monoisotopic (exact) mass is 347 g/mol. The zero-order chi connectivity index (χ0) is 17.8. The van der Waals surface area contributed by atoms with Crippen LogP contribution in [0.3, 0.4) is 0 Å². The van der Waals surface area contributed by atoms with Crippen LogP contribution in [0.4, 0.5) is 0 Å². The lowest BCUT2D eigenvalue weighted by Crippen LogP contribution is -2.34. The first-order valence-electron chi connectivity index (χ1n) is 8.57. The van der Waals surface area contributed by atoms with E-state index in [9.17, 15) is 5.11 Å². The standard InChI is InChI=1S/C17H25N5O3/c1-4-5-8-22-16(18-19-20-22)11-21-9-12-14(24-2)6-7-15(25-3)17(12)13(23)10-21/h6-7,13,23H,4-5,8-11H2,1-3H3. The molecule has 1 aromatic heterocycles. The number of β-amino-alcohol motifs (C(OH)–C–C–N with tert-alkyl or cyclic N) is 1. The van der Waals surface area contributed by atoms with Crippen LogP contribution in [0.15, 0.2) is 12.1 Å². The molecular formula is C17H25N5O3. The lowest BCUT2D eigenvalue weighted by Gasteiger charge is -2.33. The predicted molar refractivity (Wildman–Crippen MR) is 91.3 cm³/mol. The molecule has 0 bridgehead atoms. The summed E-state index contributed by atoms with van der Waals surface area (Å²) < 4.78 is 12.7. The van der Waals surface area contributed by atoms with Crippen LogP contribution in [0.25, 0.3) is 0 Å². The van der Waals surface area contributed by atoms with E-state index in [2.05, 4.69) is 27.3 Å². The second-order valence-corrected chi connectivity index (χ2v) is 6.22. The maximum Gasteiger partial charge on any atom is 0.165 e. The molecule has 0 spiro atoms. The SMILES string of the molecule is CCCCn1nnnc1CN1Cc2c(OC)ccc(OC)c2C(O)C1. The summed E-state index contributed by atoms with van der Waals surface area (Å²) >= 11 is 0. The number of unbranched alkanes of at least 4 members (excludes halogenated alkanes) is 1. The molecule has 1 unspecified atom stereocenters. The minimum atomic E-state index is -0.645. The van der Waals surface area contributed by atoms with E-state index in [-0.39, 0.29) is 0 Å². The Morgan fingerprint density at radius 3 is 2.72 bits per heavy atom. The van der Waals surface area contributed by atoms with Gasteiger partial charge in [-0.3, -0.25) is 4.90 Å². The van der Waals surface area contributed by atoms with Gasteiger partial charge in [0.25, 0.3) is 0 Å². The number of fused-ring (bicyclic) bond motifs is 1. The average Bonchev–Trinajstić information content (AvgIpc) is 3.05. The van der Waals surface area contributed by atoms with Gasteiger partial charge in [0.2, 0.25) is 0 Å². The van der Waals surface area contributed by atoms with E-state index in [1.54, 1.807) is 14.2 Å². The van der Waals surface area contributed by atoms with Gasteiger partial charge in [-0.2, -0.15) is 0 Å². The molecule has 8 heteroatoms. The molecule has 136 valence electrons. The first-order valence-corrected chi connectivity index (χ1v) is 8.57. The summed E-state index contributed by atoms with van der Waals surface area (Å²) in [4.78, 5) is 2.13. The van der Waals surface area contributed by atoms with Crippen molar-refractivity contribution in [2.45, 2.75) is 45.5 Å². The third kappa shape index (κ3) is 3.59. The van der Waals surface area contributed by atoms with Crippen LogP contribution in [0.5, 0.6) is 11.5 Å². The van der Waals surface area contributed by atoms with Gasteiger partial charge in [0.15, 0.2) is 5.82 Å². The normalized spacial score (nSPS) is 17.4. The fourth-order valence-corrected chi connectivity index (χ4v) is 3.28. The number of aryl methyl sites for hydroxylation is 1. The Labute approximate surface area is 147 Å². The van der Waals surface area contributed by atoms with Gasteiger partial charge in [-0.15, -0.1) is 5.10 Å². The number of hydrogen-bond donors (Lipinski definition) is 1. The van der Waals surface area contributed by atoms with E-state index < -0.39 is 6.10 Å². The van der Waals surface area contributed by atoms with Gasteiger partial charge in [0.1, 0.15) is 11.5 Å². The Morgan fingerprint density at radius 1 is 1.24 bits per heavy atom. The van der Waals surface area contributed by atoms with Gasteiger partial charge in [-0.25, -0.2) is 4.68 Å². The Bertz CT molecular complexity index is 718. The minimum absolute atomic E-state index is 0.497. The fraction of sp³-hybridized carbons (Fsp3) is 0.588. The molecule has 1 atom stereocenters. The van der Waals surface area contributed by atoms with Crippen molar-refractivity contribution in [2.75, 3.05) is 20.8 Å². The van der Waals surface area contributed by atoms with Crippen molar-refractivity contribution in [2.24, 2.45) is 0 Å². The zero-order valence-electron chi connectivity index (χ0n) is 15.0. The highest BCUT2D eigenvalue weighted by Gasteiger charge is 2.30. The van der Waals surface area contributed by atoms with Crippen LogP contribution in [-0.4, -0.2) is 51.0 Å². The molecule has 0 amide bonds. The van der Waals surface area contributed by atoms with Crippen LogP contribution in [0.1, 0.15) is 42.8 Å². The van der Waals surface area contributed by atoms with Gasteiger partial charge in [0, 0.05) is 30.8 Å². The van der Waals surface area contributed by atoms with Crippen molar-refractivity contribution in [1.29, 1.82) is 0 Å². The number of tetrazole rings is 1. The number of aliphatic hydroxyl groups excluding tert-OH is 1. The van der Waals surface area contributed by atoms with E-state index in [1.807, 2.05) is 16.8 Å². The smallest absolute Gasteiger partial charge is 0.165 e. The molecule has 8 nitrogen and oxygen atoms in total. The summed E-state index contributed by atoms with van der Waals surface area (Å²) in [7, 11) is 3.25. The number of aromatic nitrogens is 4. The van der Waals surface area contributed by atoms with Gasteiger partial charge >= 0.3 is 0 Å². The van der Waals surface area contributed by atoms with Crippen molar-refractivity contribution in [3.8, 4) is 11.5 Å². The lowest BCUT2D eigenvalue weighted by atomic mass is 9.95. The highest BCUT2D eigenvalue weighted by Crippen LogP contribution is 2.39. The van der Waals surface area contributed by atoms with Crippen molar-refractivity contribution in [3.63, 3.8) is 0 Å². The van der Waals surface area contributed by atoms with E-state index in [1.165, 1.54) is 0 Å². The van der Waals surface area contributed by atoms with Crippen molar-refractivity contribution >= 4 is 0 Å². The molecule has 1 N–H and O–H groups in total. The van der Waals surface area contributed by atoms with Gasteiger partial charge in [-0.1, -0.05) is 13.3 Å². The van der Waals surface area contributed by atoms with E-state index >= 15 is 0 Å². The van der Waals surface area contributed by atoms with Crippen LogP contribution < -0.4 is 9.47 Å². The summed E-state index contributed by atoms with van der Waals surface area (Å²) in [5, 5.41) is 22.7. The highest BCUT2D eigenvalue weighted by molar-refractivity contribution is 5.51. The molecule has 2 aromatic rings. The van der Waals surface area contributed by atoms with Crippen molar-refractivity contribution in [3.05, 3.63) is 29.1 Å². The second-order valence-electron chi connectivity index (χ2n) is 6.22. The number of methoxy groups -OCH3 is 2. The predicted octanol–water partition coefficient (Wildman–Crippen LogP) is 1.54. The molecule has 1 aliphatic heterocycles. The van der Waals surface area contributed by atoms with Gasteiger partial charge in [0.05, 0.1) is 26.9 Å². The van der Waals surface area contributed by atoms with E-state index in [0.29, 0.717) is 25.4 Å². The molecular weight excluding hydrogens is 322 g/mol. The zero-order valence-corrected chi connectivity index (χ0v) is 15.0. The number of rotatable bonds is 7. The molecule has 25 heavy (non-hydrogen) atoms. The Kier molecular flexibility index (Phi) is 5.50. The number of ether oxygens (including phenoxy) is 2. The Balaban J connectivity index is 1.83. The summed E-state index contributed by atoms with van der Waals surface area (Å²) in [5.41, 5.74) is 1.76. The average molecular weight is 347 g/mol. The van der Waals surface area contributed by atoms with Gasteiger partial charge in [-0.05, 0) is 29.0 Å². The molecule has 0 aliphatic carbocycles. The van der Waals surface area contributed by atoms with Crippen molar-refractivity contribution < 1.29 is 14.6 Å². The van der Waals surface area contributed by atoms with Crippen LogP contribution in [-0.2, 0) is 19.6 Å². The summed E-state index contributed by atoms with van der Waals surface area (Å²) in [5.74, 6) is 2.26. The molecule has 0 saturated carbocycles. The highest BCUT2D eigenvalue weighted by atomic mass is 16.5. The molecule has 3 rings (SSSR count). The third-order valence-electron chi connectivity index (χ3n) is 4.55.